The molecule has 0 saturated carbocycles. The van der Waals surface area contributed by atoms with Crippen LogP contribution in [0.3, 0.4) is 0 Å². The SMILES string of the molecule is CSc1nc(C)c(C(=O)CSc2nc(C)c(C(=O)Nc3ccccc3)cc2C#N)cc1C#N. The molecule has 1 N–H and O–H groups in total. The van der Waals surface area contributed by atoms with Crippen LogP contribution in [0.4, 0.5) is 5.69 Å². The molecule has 0 atom stereocenters. The lowest BCUT2D eigenvalue weighted by molar-refractivity contribution is 0.101. The molecule has 7 nitrogen and oxygen atoms in total. The Morgan fingerprint density at radius 2 is 1.52 bits per heavy atom. The number of rotatable bonds is 7. The summed E-state index contributed by atoms with van der Waals surface area (Å²) in [6.45, 7) is 3.41. The minimum atomic E-state index is -0.366. The molecule has 2 heterocycles. The van der Waals surface area contributed by atoms with Gasteiger partial charge in [-0.1, -0.05) is 30.0 Å². The molecule has 0 aliphatic carbocycles. The summed E-state index contributed by atoms with van der Waals surface area (Å²) in [4.78, 5) is 34.2. The molecule has 0 bridgehead atoms. The number of hydrogen-bond donors (Lipinski definition) is 1. The number of aromatic nitrogens is 2. The summed E-state index contributed by atoms with van der Waals surface area (Å²) in [6.07, 6.45) is 1.82. The fraction of sp³-hybridized carbons (Fsp3) is 0.167. The van der Waals surface area contributed by atoms with Gasteiger partial charge < -0.3 is 5.32 Å². The van der Waals surface area contributed by atoms with Crippen LogP contribution in [0, 0.1) is 36.5 Å². The zero-order valence-corrected chi connectivity index (χ0v) is 19.8. The Bertz CT molecular complexity index is 1310. The van der Waals surface area contributed by atoms with Gasteiger partial charge in [-0.05, 0) is 44.4 Å². The van der Waals surface area contributed by atoms with Gasteiger partial charge >= 0.3 is 0 Å². The molecule has 0 unspecified atom stereocenters. The lowest BCUT2D eigenvalue weighted by Gasteiger charge is -2.11. The van der Waals surface area contributed by atoms with Crippen molar-refractivity contribution in [2.75, 3.05) is 17.3 Å². The lowest BCUT2D eigenvalue weighted by atomic mass is 10.1. The molecule has 0 aliphatic rings. The van der Waals surface area contributed by atoms with Crippen molar-refractivity contribution in [2.45, 2.75) is 23.9 Å². The zero-order chi connectivity index (χ0) is 24.0. The monoisotopic (exact) mass is 473 g/mol. The van der Waals surface area contributed by atoms with Crippen LogP contribution < -0.4 is 5.32 Å². The van der Waals surface area contributed by atoms with E-state index in [2.05, 4.69) is 27.4 Å². The topological polar surface area (TPSA) is 120 Å². The summed E-state index contributed by atoms with van der Waals surface area (Å²) in [5.74, 6) is -0.568. The molecule has 0 radical (unpaired) electrons. The average molecular weight is 474 g/mol. The number of para-hydroxylation sites is 1. The Morgan fingerprint density at radius 1 is 0.939 bits per heavy atom. The Hall–Kier alpha value is -3.66. The quantitative estimate of drug-likeness (QED) is 0.384. The number of hydrogen-bond acceptors (Lipinski definition) is 8. The number of pyridine rings is 2. The molecule has 33 heavy (non-hydrogen) atoms. The van der Waals surface area contributed by atoms with Crippen molar-refractivity contribution < 1.29 is 9.59 Å². The first-order valence-corrected chi connectivity index (χ1v) is 12.0. The third kappa shape index (κ3) is 5.58. The molecule has 0 saturated heterocycles. The van der Waals surface area contributed by atoms with E-state index in [4.69, 9.17) is 0 Å². The summed E-state index contributed by atoms with van der Waals surface area (Å²) in [6, 6.07) is 16.2. The Balaban J connectivity index is 1.80. The molecular formula is C24H19N5O2S2. The number of ketones is 1. The third-order valence-electron chi connectivity index (χ3n) is 4.71. The van der Waals surface area contributed by atoms with Gasteiger partial charge in [0.2, 0.25) is 0 Å². The van der Waals surface area contributed by atoms with Crippen molar-refractivity contribution in [2.24, 2.45) is 0 Å². The smallest absolute Gasteiger partial charge is 0.257 e. The van der Waals surface area contributed by atoms with E-state index in [9.17, 15) is 20.1 Å². The van der Waals surface area contributed by atoms with Gasteiger partial charge in [0.25, 0.3) is 5.91 Å². The second-order valence-corrected chi connectivity index (χ2v) is 8.67. The summed E-state index contributed by atoms with van der Waals surface area (Å²) < 4.78 is 0. The Labute approximate surface area is 200 Å². The van der Waals surface area contributed by atoms with E-state index in [0.29, 0.717) is 38.3 Å². The second-order valence-electron chi connectivity index (χ2n) is 6.91. The molecule has 0 spiro atoms. The van der Waals surface area contributed by atoms with E-state index in [1.807, 2.05) is 24.5 Å². The minimum absolute atomic E-state index is 0.0165. The zero-order valence-electron chi connectivity index (χ0n) is 18.2. The van der Waals surface area contributed by atoms with Gasteiger partial charge in [-0.25, -0.2) is 9.97 Å². The molecule has 164 valence electrons. The van der Waals surface area contributed by atoms with Gasteiger partial charge in [-0.15, -0.1) is 11.8 Å². The molecule has 3 aromatic rings. The predicted molar refractivity (Wildman–Crippen MR) is 129 cm³/mol. The maximum atomic E-state index is 12.8. The van der Waals surface area contributed by atoms with Gasteiger partial charge in [-0.2, -0.15) is 10.5 Å². The number of nitrogens with one attached hydrogen (secondary N) is 1. The van der Waals surface area contributed by atoms with Crippen LogP contribution in [0.25, 0.3) is 0 Å². The third-order valence-corrected chi connectivity index (χ3v) is 6.40. The second kappa shape index (κ2) is 10.8. The van der Waals surface area contributed by atoms with E-state index in [1.165, 1.54) is 17.8 Å². The van der Waals surface area contributed by atoms with Gasteiger partial charge in [0, 0.05) is 16.9 Å². The first kappa shape index (κ1) is 24.0. The van der Waals surface area contributed by atoms with Crippen molar-refractivity contribution in [1.82, 2.24) is 9.97 Å². The highest BCUT2D eigenvalue weighted by atomic mass is 32.2. The van der Waals surface area contributed by atoms with Crippen LogP contribution in [0.15, 0.2) is 52.5 Å². The molecule has 1 aromatic carbocycles. The standard InChI is InChI=1S/C24H19N5O2S2/c1-14-19(9-16(11-25)23(27-14)32-3)21(30)13-33-24-17(12-26)10-20(15(2)28-24)22(31)29-18-7-5-4-6-8-18/h4-10H,13H2,1-3H3,(H,29,31). The number of aryl methyl sites for hydroxylation is 2. The summed E-state index contributed by atoms with van der Waals surface area (Å²) in [5, 5.41) is 22.6. The van der Waals surface area contributed by atoms with Crippen molar-refractivity contribution in [3.63, 3.8) is 0 Å². The number of nitrogens with zero attached hydrogens (tertiary/aromatic N) is 4. The molecule has 1 amide bonds. The normalized spacial score (nSPS) is 10.2. The number of thioether (sulfide) groups is 2. The Kier molecular flexibility index (Phi) is 7.83. The molecular weight excluding hydrogens is 454 g/mol. The fourth-order valence-corrected chi connectivity index (χ4v) is 4.47. The van der Waals surface area contributed by atoms with Gasteiger partial charge in [0.1, 0.15) is 22.2 Å². The number of carbonyl (C=O) groups is 2. The van der Waals surface area contributed by atoms with Gasteiger partial charge in [-0.3, -0.25) is 9.59 Å². The molecule has 0 fully saturated rings. The Morgan fingerprint density at radius 3 is 2.15 bits per heavy atom. The summed E-state index contributed by atoms with van der Waals surface area (Å²) >= 11 is 2.46. The number of nitriles is 2. The lowest BCUT2D eigenvalue weighted by Crippen LogP contribution is -2.15. The molecule has 2 aromatic heterocycles. The molecule has 9 heteroatoms. The first-order valence-electron chi connectivity index (χ1n) is 9.77. The van der Waals surface area contributed by atoms with Gasteiger partial charge in [0.05, 0.1) is 28.1 Å². The number of benzene rings is 1. The van der Waals surface area contributed by atoms with Crippen LogP contribution in [-0.4, -0.2) is 33.7 Å². The van der Waals surface area contributed by atoms with Crippen LogP contribution >= 0.6 is 23.5 Å². The molecule has 3 rings (SSSR count). The van der Waals surface area contributed by atoms with Crippen molar-refractivity contribution >= 4 is 40.9 Å². The van der Waals surface area contributed by atoms with E-state index in [1.54, 1.807) is 32.0 Å². The largest absolute Gasteiger partial charge is 0.322 e. The van der Waals surface area contributed by atoms with Crippen molar-refractivity contribution in [3.05, 3.63) is 76.1 Å². The van der Waals surface area contributed by atoms with Crippen LogP contribution in [0.1, 0.15) is 43.2 Å². The summed E-state index contributed by atoms with van der Waals surface area (Å²) in [5.41, 5.74) is 2.85. The maximum Gasteiger partial charge on any atom is 0.257 e. The van der Waals surface area contributed by atoms with Crippen LogP contribution in [0.2, 0.25) is 0 Å². The van der Waals surface area contributed by atoms with Crippen LogP contribution in [-0.2, 0) is 0 Å². The van der Waals surface area contributed by atoms with E-state index >= 15 is 0 Å². The number of Topliss-reactive ketones (excluding diaryl/α,β-unsaturated/α-hetero) is 1. The van der Waals surface area contributed by atoms with Crippen molar-refractivity contribution in [3.8, 4) is 12.1 Å². The first-order chi connectivity index (χ1) is 15.9. The highest BCUT2D eigenvalue weighted by molar-refractivity contribution is 8.00. The van der Waals surface area contributed by atoms with E-state index < -0.39 is 0 Å². The van der Waals surface area contributed by atoms with E-state index in [0.717, 1.165) is 11.8 Å². The van der Waals surface area contributed by atoms with E-state index in [-0.39, 0.29) is 28.6 Å². The highest BCUT2D eigenvalue weighted by Crippen LogP contribution is 2.26. The highest BCUT2D eigenvalue weighted by Gasteiger charge is 2.19. The maximum absolute atomic E-state index is 12.8. The van der Waals surface area contributed by atoms with Crippen LogP contribution in [0.5, 0.6) is 0 Å². The minimum Gasteiger partial charge on any atom is -0.322 e. The predicted octanol–water partition coefficient (Wildman–Crippen LogP) is 4.79. The molecule has 0 aliphatic heterocycles. The number of amides is 1. The average Bonchev–Trinajstić information content (AvgIpc) is 2.82. The number of anilines is 1. The van der Waals surface area contributed by atoms with Crippen molar-refractivity contribution in [1.29, 1.82) is 10.5 Å². The summed E-state index contributed by atoms with van der Waals surface area (Å²) in [7, 11) is 0. The number of carbonyl (C=O) groups excluding carboxylic acids is 2. The van der Waals surface area contributed by atoms with Gasteiger partial charge in [0.15, 0.2) is 5.78 Å². The fourth-order valence-electron chi connectivity index (χ4n) is 3.04.